The van der Waals surface area contributed by atoms with Gasteiger partial charge in [0.2, 0.25) is 0 Å². The van der Waals surface area contributed by atoms with Gasteiger partial charge in [-0.1, -0.05) is 86.6 Å². The van der Waals surface area contributed by atoms with Gasteiger partial charge in [-0.25, -0.2) is 19.3 Å². The third kappa shape index (κ3) is 4.40. The third-order valence-electron chi connectivity index (χ3n) is 8.68. The van der Waals surface area contributed by atoms with E-state index in [2.05, 4.69) is 44.5 Å². The Kier molecular flexibility index (Phi) is 7.38. The highest BCUT2D eigenvalue weighted by Crippen LogP contribution is 2.46. The SMILES string of the molecule is CC[C@@]1(CO)O[C@@H](n2cnc3c(NC(c4ccccc4)(c4ccccc4)c4ccc(OC)cc4)ncnc32)[C@H](F)[C@@H]1C. The number of aromatic nitrogens is 4. The zero-order valence-corrected chi connectivity index (χ0v) is 23.8. The Hall–Kier alpha value is -4.34. The Morgan fingerprint density at radius 2 is 1.57 bits per heavy atom. The fraction of sp³-hybridized carbons (Fsp3) is 0.303. The Morgan fingerprint density at radius 1 is 0.952 bits per heavy atom. The summed E-state index contributed by atoms with van der Waals surface area (Å²) in [4.78, 5) is 13.8. The van der Waals surface area contributed by atoms with E-state index >= 15 is 4.39 Å². The van der Waals surface area contributed by atoms with Crippen molar-refractivity contribution in [2.75, 3.05) is 19.0 Å². The highest BCUT2D eigenvalue weighted by molar-refractivity contribution is 5.84. The molecular weight excluding hydrogens is 533 g/mol. The summed E-state index contributed by atoms with van der Waals surface area (Å²) < 4.78 is 28.9. The van der Waals surface area contributed by atoms with Crippen molar-refractivity contribution in [1.29, 1.82) is 0 Å². The number of halogens is 1. The second-order valence-corrected chi connectivity index (χ2v) is 10.7. The fourth-order valence-corrected chi connectivity index (χ4v) is 6.10. The van der Waals surface area contributed by atoms with E-state index < -0.39 is 29.5 Å². The number of hydrogen-bond donors (Lipinski definition) is 2. The molecule has 2 N–H and O–H groups in total. The number of fused-ring (bicyclic) bond motifs is 1. The summed E-state index contributed by atoms with van der Waals surface area (Å²) in [6, 6.07) is 28.2. The van der Waals surface area contributed by atoms with Crippen LogP contribution in [-0.4, -0.2) is 50.1 Å². The van der Waals surface area contributed by atoms with Crippen LogP contribution in [0.25, 0.3) is 11.2 Å². The predicted molar refractivity (Wildman–Crippen MR) is 159 cm³/mol. The average molecular weight is 568 g/mol. The number of alkyl halides is 1. The lowest BCUT2D eigenvalue weighted by molar-refractivity contribution is -0.113. The van der Waals surface area contributed by atoms with E-state index in [0.717, 1.165) is 22.4 Å². The Balaban J connectivity index is 1.52. The van der Waals surface area contributed by atoms with Crippen molar-refractivity contribution in [1.82, 2.24) is 19.5 Å². The van der Waals surface area contributed by atoms with E-state index in [0.29, 0.717) is 23.4 Å². The molecule has 9 heteroatoms. The molecule has 0 saturated carbocycles. The van der Waals surface area contributed by atoms with E-state index in [4.69, 9.17) is 9.47 Å². The molecule has 1 aliphatic heterocycles. The molecule has 1 aliphatic rings. The number of rotatable bonds is 9. The second kappa shape index (κ2) is 11.2. The minimum atomic E-state index is -1.35. The standard InChI is InChI=1S/C33H34FN5O3/c1-4-32(19-40)22(2)27(34)31(42-32)39-21-37-28-29(35-20-36-30(28)39)38-33(23-11-7-5-8-12-23,24-13-9-6-10-14-24)25-15-17-26(41-3)18-16-25/h5-18,20-22,27,31,40H,4,19H2,1-3H3,(H,35,36,38)/t22-,27+,31+,32-/m0/s1. The molecule has 1 fully saturated rings. The molecule has 3 heterocycles. The lowest BCUT2D eigenvalue weighted by Crippen LogP contribution is -2.39. The van der Waals surface area contributed by atoms with Gasteiger partial charge in [0.15, 0.2) is 29.4 Å². The first-order valence-corrected chi connectivity index (χ1v) is 14.1. The van der Waals surface area contributed by atoms with Crippen LogP contribution in [0.4, 0.5) is 10.2 Å². The van der Waals surface area contributed by atoms with Gasteiger partial charge in [0, 0.05) is 5.92 Å². The zero-order chi connectivity index (χ0) is 29.3. The summed E-state index contributed by atoms with van der Waals surface area (Å²) >= 11 is 0. The predicted octanol–water partition coefficient (Wildman–Crippen LogP) is 5.88. The largest absolute Gasteiger partial charge is 0.497 e. The summed E-state index contributed by atoms with van der Waals surface area (Å²) in [7, 11) is 1.64. The van der Waals surface area contributed by atoms with Crippen LogP contribution in [-0.2, 0) is 10.3 Å². The van der Waals surface area contributed by atoms with Gasteiger partial charge in [0.1, 0.15) is 17.6 Å². The first-order valence-electron chi connectivity index (χ1n) is 14.1. The molecule has 42 heavy (non-hydrogen) atoms. The van der Waals surface area contributed by atoms with Crippen molar-refractivity contribution in [3.63, 3.8) is 0 Å². The molecule has 0 unspecified atom stereocenters. The number of imidazole rings is 1. The maximum atomic E-state index is 15.7. The van der Waals surface area contributed by atoms with Crippen LogP contribution in [0, 0.1) is 5.92 Å². The third-order valence-corrected chi connectivity index (χ3v) is 8.68. The van der Waals surface area contributed by atoms with Crippen LogP contribution in [0.3, 0.4) is 0 Å². The Morgan fingerprint density at radius 3 is 2.12 bits per heavy atom. The van der Waals surface area contributed by atoms with Gasteiger partial charge in [-0.2, -0.15) is 0 Å². The highest BCUT2D eigenvalue weighted by Gasteiger charge is 2.53. The van der Waals surface area contributed by atoms with Gasteiger partial charge in [-0.15, -0.1) is 0 Å². The number of aliphatic hydroxyl groups excluding tert-OH is 1. The van der Waals surface area contributed by atoms with Gasteiger partial charge in [-0.05, 0) is 35.2 Å². The molecule has 216 valence electrons. The maximum absolute atomic E-state index is 15.7. The van der Waals surface area contributed by atoms with Crippen molar-refractivity contribution in [3.05, 3.63) is 114 Å². The molecule has 0 amide bonds. The second-order valence-electron chi connectivity index (χ2n) is 10.7. The molecule has 1 saturated heterocycles. The molecule has 5 aromatic rings. The van der Waals surface area contributed by atoms with Crippen LogP contribution in [0.5, 0.6) is 5.75 Å². The van der Waals surface area contributed by atoms with E-state index in [-0.39, 0.29) is 6.61 Å². The lowest BCUT2D eigenvalue weighted by atomic mass is 9.77. The molecular formula is C33H34FN5O3. The molecule has 4 atom stereocenters. The molecule has 2 aromatic heterocycles. The van der Waals surface area contributed by atoms with Crippen LogP contribution in [0.2, 0.25) is 0 Å². The number of nitrogens with zero attached hydrogens (tertiary/aromatic N) is 4. The van der Waals surface area contributed by atoms with E-state index in [9.17, 15) is 5.11 Å². The number of methoxy groups -OCH3 is 1. The Bertz CT molecular complexity index is 1600. The average Bonchev–Trinajstić information content (AvgIpc) is 3.60. The van der Waals surface area contributed by atoms with Crippen LogP contribution in [0.15, 0.2) is 97.6 Å². The van der Waals surface area contributed by atoms with Gasteiger partial charge in [-0.3, -0.25) is 4.57 Å². The number of nitrogens with one attached hydrogen (secondary N) is 1. The highest BCUT2D eigenvalue weighted by atomic mass is 19.1. The monoisotopic (exact) mass is 567 g/mol. The van der Waals surface area contributed by atoms with E-state index in [1.807, 2.05) is 67.6 Å². The normalized spacial score (nSPS) is 22.4. The van der Waals surface area contributed by atoms with Crippen molar-refractivity contribution in [3.8, 4) is 5.75 Å². The van der Waals surface area contributed by atoms with Gasteiger partial charge in [0.05, 0.1) is 25.6 Å². The fourth-order valence-electron chi connectivity index (χ4n) is 6.10. The number of anilines is 1. The number of hydrogen-bond acceptors (Lipinski definition) is 7. The summed E-state index contributed by atoms with van der Waals surface area (Å²) in [5.74, 6) is 0.718. The zero-order valence-electron chi connectivity index (χ0n) is 23.8. The molecule has 0 radical (unpaired) electrons. The molecule has 8 nitrogen and oxygen atoms in total. The topological polar surface area (TPSA) is 94.3 Å². The lowest BCUT2D eigenvalue weighted by Gasteiger charge is -2.37. The summed E-state index contributed by atoms with van der Waals surface area (Å²) in [5.41, 5.74) is 1.98. The molecule has 0 aliphatic carbocycles. The molecule has 6 rings (SSSR count). The van der Waals surface area contributed by atoms with Crippen molar-refractivity contribution in [2.45, 2.75) is 43.8 Å². The van der Waals surface area contributed by atoms with Crippen molar-refractivity contribution < 1.29 is 19.0 Å². The summed E-state index contributed by atoms with van der Waals surface area (Å²) in [6.07, 6.45) is 1.14. The number of benzene rings is 3. The maximum Gasteiger partial charge on any atom is 0.169 e. The van der Waals surface area contributed by atoms with Crippen LogP contribution >= 0.6 is 0 Å². The quantitative estimate of drug-likeness (QED) is 0.215. The Labute approximate surface area is 244 Å². The van der Waals surface area contributed by atoms with Crippen molar-refractivity contribution in [2.24, 2.45) is 5.92 Å². The van der Waals surface area contributed by atoms with Crippen LogP contribution in [0.1, 0.15) is 43.2 Å². The molecule has 0 bridgehead atoms. The van der Waals surface area contributed by atoms with Gasteiger partial charge in [0.25, 0.3) is 0 Å². The number of aliphatic hydroxyl groups is 1. The number of ether oxygens (including phenoxy) is 2. The van der Waals surface area contributed by atoms with Gasteiger partial charge >= 0.3 is 0 Å². The minimum Gasteiger partial charge on any atom is -0.497 e. The first-order chi connectivity index (χ1) is 20.5. The van der Waals surface area contributed by atoms with E-state index in [1.165, 1.54) is 12.7 Å². The summed E-state index contributed by atoms with van der Waals surface area (Å²) in [6.45, 7) is 3.40. The van der Waals surface area contributed by atoms with Crippen molar-refractivity contribution >= 4 is 17.0 Å². The minimum absolute atomic E-state index is 0.269. The summed E-state index contributed by atoms with van der Waals surface area (Å²) in [5, 5.41) is 13.8. The first kappa shape index (κ1) is 27.8. The smallest absolute Gasteiger partial charge is 0.169 e. The van der Waals surface area contributed by atoms with E-state index in [1.54, 1.807) is 18.6 Å². The molecule has 0 spiro atoms. The van der Waals surface area contributed by atoms with Gasteiger partial charge < -0.3 is 19.9 Å². The van der Waals surface area contributed by atoms with Crippen LogP contribution < -0.4 is 10.1 Å². The molecule has 3 aromatic carbocycles.